The van der Waals surface area contributed by atoms with Gasteiger partial charge >= 0.3 is 0 Å². The highest BCUT2D eigenvalue weighted by atomic mass is 35.5. The van der Waals surface area contributed by atoms with Gasteiger partial charge in [0.25, 0.3) is 5.91 Å². The summed E-state index contributed by atoms with van der Waals surface area (Å²) in [7, 11) is 1.89. The van der Waals surface area contributed by atoms with Gasteiger partial charge in [-0.05, 0) is 37.0 Å². The first-order valence-electron chi connectivity index (χ1n) is 7.95. The van der Waals surface area contributed by atoms with E-state index in [1.807, 2.05) is 36.2 Å². The standard InChI is InChI=1S/C17H23ClN2O2/c1-19-9-3-2-8-17(16(19)21)13-20(10-11-22-17)12-14-4-6-15(18)7-5-14/h4-7H,2-3,8-13H2,1H3. The fourth-order valence-electron chi connectivity index (χ4n) is 3.44. The molecule has 2 heterocycles. The van der Waals surface area contributed by atoms with E-state index >= 15 is 0 Å². The maximum absolute atomic E-state index is 12.7. The Bertz CT molecular complexity index is 534. The molecule has 3 rings (SSSR count). The van der Waals surface area contributed by atoms with Crippen LogP contribution in [0.2, 0.25) is 5.02 Å². The van der Waals surface area contributed by atoms with Crippen LogP contribution in [0, 0.1) is 0 Å². The number of likely N-dealkylation sites (N-methyl/N-ethyl adjacent to an activating group) is 1. The van der Waals surface area contributed by atoms with Gasteiger partial charge in [-0.25, -0.2) is 0 Å². The third-order valence-corrected chi connectivity index (χ3v) is 4.90. The van der Waals surface area contributed by atoms with Crippen LogP contribution >= 0.6 is 11.6 Å². The summed E-state index contributed by atoms with van der Waals surface area (Å²) in [4.78, 5) is 16.9. The van der Waals surface area contributed by atoms with Crippen LogP contribution in [0.5, 0.6) is 0 Å². The third kappa shape index (κ3) is 3.29. The Hall–Kier alpha value is -1.10. The summed E-state index contributed by atoms with van der Waals surface area (Å²) < 4.78 is 6.00. The smallest absolute Gasteiger partial charge is 0.255 e. The lowest BCUT2D eigenvalue weighted by atomic mass is 9.94. The van der Waals surface area contributed by atoms with Crippen LogP contribution in [0.15, 0.2) is 24.3 Å². The van der Waals surface area contributed by atoms with Crippen LogP contribution in [0.1, 0.15) is 24.8 Å². The summed E-state index contributed by atoms with van der Waals surface area (Å²) in [6.45, 7) is 3.83. The quantitative estimate of drug-likeness (QED) is 0.839. The zero-order chi connectivity index (χ0) is 15.6. The van der Waals surface area contributed by atoms with Crippen molar-refractivity contribution >= 4 is 17.5 Å². The Labute approximate surface area is 137 Å². The summed E-state index contributed by atoms with van der Waals surface area (Å²) in [5.41, 5.74) is 0.575. The normalized spacial score (nSPS) is 27.2. The molecule has 2 aliphatic rings. The molecule has 1 unspecified atom stereocenters. The molecule has 2 saturated heterocycles. The van der Waals surface area contributed by atoms with Crippen LogP contribution in [0.25, 0.3) is 0 Å². The maximum Gasteiger partial charge on any atom is 0.255 e. The molecule has 1 atom stereocenters. The number of carbonyl (C=O) groups is 1. The number of morpholine rings is 1. The van der Waals surface area contributed by atoms with Crippen LogP contribution in [-0.4, -0.2) is 54.6 Å². The second kappa shape index (κ2) is 6.57. The molecule has 2 fully saturated rings. The van der Waals surface area contributed by atoms with E-state index in [0.29, 0.717) is 13.2 Å². The lowest BCUT2D eigenvalue weighted by molar-refractivity contribution is -0.169. The van der Waals surface area contributed by atoms with Crippen molar-refractivity contribution in [2.45, 2.75) is 31.4 Å². The minimum absolute atomic E-state index is 0.144. The highest BCUT2D eigenvalue weighted by molar-refractivity contribution is 6.30. The van der Waals surface area contributed by atoms with Gasteiger partial charge in [0, 0.05) is 38.2 Å². The second-order valence-electron chi connectivity index (χ2n) is 6.36. The van der Waals surface area contributed by atoms with Gasteiger partial charge in [0.2, 0.25) is 0 Å². The molecule has 1 spiro atoms. The predicted molar refractivity (Wildman–Crippen MR) is 86.9 cm³/mol. The second-order valence-corrected chi connectivity index (χ2v) is 6.80. The molecule has 1 amide bonds. The van der Waals surface area contributed by atoms with Gasteiger partial charge in [-0.1, -0.05) is 23.7 Å². The highest BCUT2D eigenvalue weighted by Gasteiger charge is 2.45. The fourth-order valence-corrected chi connectivity index (χ4v) is 3.56. The van der Waals surface area contributed by atoms with E-state index in [4.69, 9.17) is 16.3 Å². The monoisotopic (exact) mass is 322 g/mol. The molecular formula is C17H23ClN2O2. The number of likely N-dealkylation sites (tertiary alicyclic amines) is 1. The Morgan fingerprint density at radius 2 is 2.00 bits per heavy atom. The molecule has 1 aromatic rings. The first kappa shape index (κ1) is 15.8. The topological polar surface area (TPSA) is 32.8 Å². The summed E-state index contributed by atoms with van der Waals surface area (Å²) in [6.07, 6.45) is 2.93. The molecule has 120 valence electrons. The van der Waals surface area contributed by atoms with Crippen LogP contribution < -0.4 is 0 Å². The largest absolute Gasteiger partial charge is 0.362 e. The number of halogens is 1. The molecular weight excluding hydrogens is 300 g/mol. The SMILES string of the molecule is CN1CCCCC2(CN(Cc3ccc(Cl)cc3)CCO2)C1=O. The van der Waals surface area contributed by atoms with Crippen molar-refractivity contribution in [3.8, 4) is 0 Å². The van der Waals surface area contributed by atoms with E-state index in [2.05, 4.69) is 4.90 Å². The lowest BCUT2D eigenvalue weighted by Crippen LogP contribution is -2.59. The van der Waals surface area contributed by atoms with E-state index in [1.165, 1.54) is 5.56 Å². The lowest BCUT2D eigenvalue weighted by Gasteiger charge is -2.42. The zero-order valence-corrected chi connectivity index (χ0v) is 13.8. The number of ether oxygens (including phenoxy) is 1. The summed E-state index contributed by atoms with van der Waals surface area (Å²) in [5.74, 6) is 0.144. The average molecular weight is 323 g/mol. The Morgan fingerprint density at radius 1 is 1.23 bits per heavy atom. The Morgan fingerprint density at radius 3 is 2.77 bits per heavy atom. The summed E-state index contributed by atoms with van der Waals surface area (Å²) in [5, 5.41) is 0.753. The van der Waals surface area contributed by atoms with Gasteiger partial charge in [0.15, 0.2) is 5.60 Å². The molecule has 0 radical (unpaired) electrons. The number of hydrogen-bond acceptors (Lipinski definition) is 3. The molecule has 0 aromatic heterocycles. The van der Waals surface area contributed by atoms with Crippen molar-refractivity contribution < 1.29 is 9.53 Å². The first-order chi connectivity index (χ1) is 10.6. The summed E-state index contributed by atoms with van der Waals surface area (Å²) >= 11 is 5.94. The molecule has 0 bridgehead atoms. The number of rotatable bonds is 2. The van der Waals surface area contributed by atoms with Crippen LogP contribution in [0.3, 0.4) is 0 Å². The van der Waals surface area contributed by atoms with Crippen molar-refractivity contribution in [2.24, 2.45) is 0 Å². The minimum Gasteiger partial charge on any atom is -0.362 e. The molecule has 2 aliphatic heterocycles. The number of amides is 1. The molecule has 0 saturated carbocycles. The van der Waals surface area contributed by atoms with Crippen LogP contribution in [-0.2, 0) is 16.1 Å². The predicted octanol–water partition coefficient (Wildman–Crippen LogP) is 2.55. The Kier molecular flexibility index (Phi) is 4.71. The van der Waals surface area contributed by atoms with Gasteiger partial charge in [0.1, 0.15) is 0 Å². The fraction of sp³-hybridized carbons (Fsp3) is 0.588. The molecule has 4 nitrogen and oxygen atoms in total. The van der Waals surface area contributed by atoms with Crippen molar-refractivity contribution in [1.82, 2.24) is 9.80 Å². The number of benzene rings is 1. The Balaban J connectivity index is 1.72. The van der Waals surface area contributed by atoms with E-state index < -0.39 is 5.60 Å². The van der Waals surface area contributed by atoms with Crippen molar-refractivity contribution in [3.63, 3.8) is 0 Å². The van der Waals surface area contributed by atoms with Crippen molar-refractivity contribution in [2.75, 3.05) is 33.3 Å². The molecule has 0 aliphatic carbocycles. The van der Waals surface area contributed by atoms with E-state index in [1.54, 1.807) is 0 Å². The van der Waals surface area contributed by atoms with Crippen molar-refractivity contribution in [1.29, 1.82) is 0 Å². The van der Waals surface area contributed by atoms with E-state index in [0.717, 1.165) is 43.9 Å². The number of nitrogens with zero attached hydrogens (tertiary/aromatic N) is 2. The number of hydrogen-bond donors (Lipinski definition) is 0. The van der Waals surface area contributed by atoms with Crippen LogP contribution in [0.4, 0.5) is 0 Å². The van der Waals surface area contributed by atoms with Gasteiger partial charge in [0.05, 0.1) is 6.61 Å². The summed E-state index contributed by atoms with van der Waals surface area (Å²) in [6, 6.07) is 7.92. The zero-order valence-electron chi connectivity index (χ0n) is 13.1. The molecule has 22 heavy (non-hydrogen) atoms. The van der Waals surface area contributed by atoms with Crippen molar-refractivity contribution in [3.05, 3.63) is 34.9 Å². The third-order valence-electron chi connectivity index (χ3n) is 4.64. The molecule has 5 heteroatoms. The number of carbonyl (C=O) groups excluding carboxylic acids is 1. The van der Waals surface area contributed by atoms with Gasteiger partial charge in [-0.3, -0.25) is 9.69 Å². The molecule has 0 N–H and O–H groups in total. The highest BCUT2D eigenvalue weighted by Crippen LogP contribution is 2.30. The molecule has 1 aromatic carbocycles. The van der Waals surface area contributed by atoms with E-state index in [-0.39, 0.29) is 5.91 Å². The minimum atomic E-state index is -0.643. The van der Waals surface area contributed by atoms with Gasteiger partial charge < -0.3 is 9.64 Å². The van der Waals surface area contributed by atoms with Gasteiger partial charge in [-0.2, -0.15) is 0 Å². The van der Waals surface area contributed by atoms with E-state index in [9.17, 15) is 4.79 Å². The maximum atomic E-state index is 12.7. The average Bonchev–Trinajstić information content (AvgIpc) is 2.64. The first-order valence-corrected chi connectivity index (χ1v) is 8.33. The van der Waals surface area contributed by atoms with Gasteiger partial charge in [-0.15, -0.1) is 0 Å².